The minimum absolute atomic E-state index is 0.0834. The van der Waals surface area contributed by atoms with Crippen LogP contribution in [0.25, 0.3) is 0 Å². The fraction of sp³-hybridized carbons (Fsp3) is 0.316. The Balaban J connectivity index is 1.77. The third kappa shape index (κ3) is 5.77. The van der Waals surface area contributed by atoms with E-state index in [1.165, 1.54) is 18.2 Å². The maximum Gasteiger partial charge on any atom is 0.416 e. The summed E-state index contributed by atoms with van der Waals surface area (Å²) < 4.78 is 43.2. The number of nitrogens with one attached hydrogen (secondary N) is 1. The first-order valence-corrected chi connectivity index (χ1v) is 8.12. The first-order chi connectivity index (χ1) is 12.3. The fourth-order valence-corrected chi connectivity index (χ4v) is 2.47. The largest absolute Gasteiger partial charge is 0.507 e. The number of hydrogen-bond donors (Lipinski definition) is 2. The molecule has 0 aliphatic rings. The van der Waals surface area contributed by atoms with E-state index in [0.717, 1.165) is 12.1 Å². The maximum absolute atomic E-state index is 12.7. The van der Waals surface area contributed by atoms with Crippen LogP contribution in [0, 0.1) is 0 Å². The standard InChI is InChI=1S/C19H20F3NO3/c1-13(11-14-5-4-6-15(12-14)19(20,21)22)23-9-10-26-18(25)16-7-2-3-8-17(16)24/h2-8,12-13,23-24H,9-11H2,1H3. The lowest BCUT2D eigenvalue weighted by molar-refractivity contribution is -0.137. The van der Waals surface area contributed by atoms with Crippen LogP contribution in [0.15, 0.2) is 48.5 Å². The molecule has 1 atom stereocenters. The number of ether oxygens (including phenoxy) is 1. The highest BCUT2D eigenvalue weighted by Gasteiger charge is 2.30. The molecule has 0 spiro atoms. The number of carbonyl (C=O) groups excluding carboxylic acids is 1. The molecule has 4 nitrogen and oxygen atoms in total. The lowest BCUT2D eigenvalue weighted by Gasteiger charge is -2.15. The molecule has 2 aromatic carbocycles. The molecule has 0 bridgehead atoms. The molecule has 140 valence electrons. The molecule has 0 aromatic heterocycles. The highest BCUT2D eigenvalue weighted by atomic mass is 19.4. The van der Waals surface area contributed by atoms with Crippen molar-refractivity contribution in [1.29, 1.82) is 0 Å². The van der Waals surface area contributed by atoms with Gasteiger partial charge in [-0.1, -0.05) is 30.3 Å². The van der Waals surface area contributed by atoms with Gasteiger partial charge in [0.25, 0.3) is 0 Å². The number of benzene rings is 2. The molecular formula is C19H20F3NO3. The summed E-state index contributed by atoms with van der Waals surface area (Å²) in [4.78, 5) is 11.8. The van der Waals surface area contributed by atoms with Crippen molar-refractivity contribution in [2.45, 2.75) is 25.6 Å². The zero-order chi connectivity index (χ0) is 19.2. The predicted octanol–water partition coefficient (Wildman–Crippen LogP) is 3.79. The van der Waals surface area contributed by atoms with Gasteiger partial charge in [0, 0.05) is 12.6 Å². The zero-order valence-corrected chi connectivity index (χ0v) is 14.2. The van der Waals surface area contributed by atoms with Gasteiger partial charge < -0.3 is 15.2 Å². The number of esters is 1. The van der Waals surface area contributed by atoms with E-state index in [4.69, 9.17) is 4.74 Å². The molecule has 2 N–H and O–H groups in total. The highest BCUT2D eigenvalue weighted by molar-refractivity contribution is 5.92. The molecule has 0 saturated carbocycles. The van der Waals surface area contributed by atoms with Gasteiger partial charge in [-0.2, -0.15) is 13.2 Å². The summed E-state index contributed by atoms with van der Waals surface area (Å²) in [5.74, 6) is -0.779. The van der Waals surface area contributed by atoms with Crippen LogP contribution in [-0.2, 0) is 17.3 Å². The zero-order valence-electron chi connectivity index (χ0n) is 14.2. The monoisotopic (exact) mass is 367 g/mol. The number of phenolic OH excluding ortho intramolecular Hbond substituents is 1. The number of alkyl halides is 3. The van der Waals surface area contributed by atoms with Crippen molar-refractivity contribution in [3.8, 4) is 5.75 Å². The van der Waals surface area contributed by atoms with E-state index in [1.54, 1.807) is 18.2 Å². The molecule has 0 fully saturated rings. The summed E-state index contributed by atoms with van der Waals surface area (Å²) in [6, 6.07) is 11.2. The van der Waals surface area contributed by atoms with Crippen LogP contribution < -0.4 is 5.32 Å². The van der Waals surface area contributed by atoms with Crippen molar-refractivity contribution in [3.05, 3.63) is 65.2 Å². The molecule has 26 heavy (non-hydrogen) atoms. The number of phenols is 1. The minimum atomic E-state index is -4.36. The maximum atomic E-state index is 12.7. The average molecular weight is 367 g/mol. The van der Waals surface area contributed by atoms with Crippen LogP contribution in [-0.4, -0.2) is 30.3 Å². The molecule has 0 amide bonds. The Bertz CT molecular complexity index is 747. The topological polar surface area (TPSA) is 58.6 Å². The third-order valence-corrected chi connectivity index (χ3v) is 3.75. The number of carbonyl (C=O) groups is 1. The summed E-state index contributed by atoms with van der Waals surface area (Å²) in [5.41, 5.74) is -0.00524. The van der Waals surface area contributed by atoms with Gasteiger partial charge in [0.2, 0.25) is 0 Å². The normalized spacial score (nSPS) is 12.6. The Morgan fingerprint density at radius 2 is 1.92 bits per heavy atom. The van der Waals surface area contributed by atoms with Crippen LogP contribution in [0.3, 0.4) is 0 Å². The summed E-state index contributed by atoms with van der Waals surface area (Å²) >= 11 is 0. The van der Waals surface area contributed by atoms with E-state index in [2.05, 4.69) is 5.32 Å². The molecular weight excluding hydrogens is 347 g/mol. The van der Waals surface area contributed by atoms with Crippen LogP contribution in [0.5, 0.6) is 5.75 Å². The van der Waals surface area contributed by atoms with E-state index in [-0.39, 0.29) is 24.0 Å². The molecule has 2 aromatic rings. The molecule has 0 saturated heterocycles. The SMILES string of the molecule is CC(Cc1cccc(C(F)(F)F)c1)NCCOC(=O)c1ccccc1O. The molecule has 0 heterocycles. The molecule has 7 heteroatoms. The summed E-state index contributed by atoms with van der Waals surface area (Å²) in [7, 11) is 0. The summed E-state index contributed by atoms with van der Waals surface area (Å²) in [5, 5.41) is 12.7. The van der Waals surface area contributed by atoms with Gasteiger partial charge >= 0.3 is 12.1 Å². The van der Waals surface area contributed by atoms with Gasteiger partial charge in [-0.3, -0.25) is 0 Å². The van der Waals surface area contributed by atoms with Crippen molar-refractivity contribution in [3.63, 3.8) is 0 Å². The molecule has 2 rings (SSSR count). The van der Waals surface area contributed by atoms with Crippen LogP contribution >= 0.6 is 0 Å². The summed E-state index contributed by atoms with van der Waals surface area (Å²) in [6.07, 6.45) is -3.94. The molecule has 0 aliphatic heterocycles. The fourth-order valence-electron chi connectivity index (χ4n) is 2.47. The number of hydrogen-bond acceptors (Lipinski definition) is 4. The molecule has 1 unspecified atom stereocenters. The van der Waals surface area contributed by atoms with Crippen molar-refractivity contribution < 1.29 is 27.8 Å². The number of halogens is 3. The van der Waals surface area contributed by atoms with Crippen LogP contribution in [0.4, 0.5) is 13.2 Å². The number of aromatic hydroxyl groups is 1. The quantitative estimate of drug-likeness (QED) is 0.578. The Hall–Kier alpha value is -2.54. The first-order valence-electron chi connectivity index (χ1n) is 8.12. The van der Waals surface area contributed by atoms with Crippen molar-refractivity contribution in [1.82, 2.24) is 5.32 Å². The second-order valence-electron chi connectivity index (χ2n) is 5.91. The highest BCUT2D eigenvalue weighted by Crippen LogP contribution is 2.29. The average Bonchev–Trinajstić information content (AvgIpc) is 2.58. The Labute approximate surface area is 149 Å². The van der Waals surface area contributed by atoms with E-state index >= 15 is 0 Å². The van der Waals surface area contributed by atoms with Crippen molar-refractivity contribution in [2.24, 2.45) is 0 Å². The smallest absolute Gasteiger partial charge is 0.416 e. The van der Waals surface area contributed by atoms with Gasteiger partial charge in [0.15, 0.2) is 0 Å². The van der Waals surface area contributed by atoms with E-state index in [9.17, 15) is 23.1 Å². The van der Waals surface area contributed by atoms with Crippen LogP contribution in [0.2, 0.25) is 0 Å². The predicted molar refractivity (Wildman–Crippen MR) is 91.0 cm³/mol. The van der Waals surface area contributed by atoms with Gasteiger partial charge in [0.1, 0.15) is 17.9 Å². The van der Waals surface area contributed by atoms with E-state index < -0.39 is 17.7 Å². The van der Waals surface area contributed by atoms with Crippen LogP contribution in [0.1, 0.15) is 28.4 Å². The lowest BCUT2D eigenvalue weighted by atomic mass is 10.0. The van der Waals surface area contributed by atoms with Gasteiger partial charge in [-0.25, -0.2) is 4.79 Å². The Morgan fingerprint density at radius 3 is 2.62 bits per heavy atom. The number of rotatable bonds is 7. The lowest BCUT2D eigenvalue weighted by Crippen LogP contribution is -2.31. The first kappa shape index (κ1) is 19.8. The second kappa shape index (κ2) is 8.71. The third-order valence-electron chi connectivity index (χ3n) is 3.75. The van der Waals surface area contributed by atoms with E-state index in [0.29, 0.717) is 18.5 Å². The Kier molecular flexibility index (Phi) is 6.63. The minimum Gasteiger partial charge on any atom is -0.507 e. The van der Waals surface area contributed by atoms with Crippen molar-refractivity contribution in [2.75, 3.05) is 13.2 Å². The van der Waals surface area contributed by atoms with Gasteiger partial charge in [0.05, 0.1) is 5.56 Å². The summed E-state index contributed by atoms with van der Waals surface area (Å²) in [6.45, 7) is 2.27. The van der Waals surface area contributed by atoms with Crippen molar-refractivity contribution >= 4 is 5.97 Å². The van der Waals surface area contributed by atoms with Gasteiger partial charge in [-0.15, -0.1) is 0 Å². The molecule has 0 aliphatic carbocycles. The second-order valence-corrected chi connectivity index (χ2v) is 5.91. The van der Waals surface area contributed by atoms with E-state index in [1.807, 2.05) is 6.92 Å². The Morgan fingerprint density at radius 1 is 1.19 bits per heavy atom. The van der Waals surface area contributed by atoms with Gasteiger partial charge in [-0.05, 0) is 37.1 Å². The number of para-hydroxylation sites is 1. The molecule has 0 radical (unpaired) electrons.